The van der Waals surface area contributed by atoms with Gasteiger partial charge in [0, 0.05) is 6.07 Å². The predicted molar refractivity (Wildman–Crippen MR) is 72.1 cm³/mol. The second-order valence-corrected chi connectivity index (χ2v) is 4.96. The first-order valence-corrected chi connectivity index (χ1v) is 7.00. The molecular weight excluding hydrogens is 268 g/mol. The molecule has 1 aromatic heterocycles. The minimum Gasteiger partial charge on any atom is -0.465 e. The average Bonchev–Trinajstić information content (AvgIpc) is 2.34. The highest BCUT2D eigenvalue weighted by Crippen LogP contribution is 2.12. The lowest BCUT2D eigenvalue weighted by Gasteiger charge is -2.07. The Kier molecular flexibility index (Phi) is 6.58. The maximum Gasteiger partial charge on any atom is 0.316 e. The van der Waals surface area contributed by atoms with Crippen LogP contribution in [0, 0.1) is 0 Å². The molecule has 1 aromatic rings. The summed E-state index contributed by atoms with van der Waals surface area (Å²) in [5, 5.41) is 0.392. The van der Waals surface area contributed by atoms with Crippen molar-refractivity contribution in [1.29, 1.82) is 0 Å². The van der Waals surface area contributed by atoms with Crippen LogP contribution in [0.3, 0.4) is 0 Å². The zero-order chi connectivity index (χ0) is 14.3. The lowest BCUT2D eigenvalue weighted by molar-refractivity contribution is -0.139. The van der Waals surface area contributed by atoms with Gasteiger partial charge >= 0.3 is 5.97 Å². The molecule has 106 valence electrons. The third-order valence-electron chi connectivity index (χ3n) is 1.97. The summed E-state index contributed by atoms with van der Waals surface area (Å²) in [4.78, 5) is 29.4. The molecular formula is C12H18N2O4S. The van der Waals surface area contributed by atoms with Gasteiger partial charge in [-0.2, -0.15) is 0 Å². The van der Waals surface area contributed by atoms with Crippen LogP contribution in [0.2, 0.25) is 0 Å². The number of hydrogen-bond donors (Lipinski definition) is 1. The van der Waals surface area contributed by atoms with E-state index in [9.17, 15) is 9.59 Å². The number of carbonyl (C=O) groups is 1. The number of ether oxygens (including phenoxy) is 2. The molecule has 0 atom stereocenters. The molecule has 7 heteroatoms. The summed E-state index contributed by atoms with van der Waals surface area (Å²) >= 11 is 1.13. The van der Waals surface area contributed by atoms with Gasteiger partial charge in [0.15, 0.2) is 5.16 Å². The monoisotopic (exact) mass is 286 g/mol. The quantitative estimate of drug-likeness (QED) is 0.463. The predicted octanol–water partition coefficient (Wildman–Crippen LogP) is 1.35. The van der Waals surface area contributed by atoms with E-state index in [1.165, 1.54) is 6.07 Å². The third kappa shape index (κ3) is 6.40. The summed E-state index contributed by atoms with van der Waals surface area (Å²) in [6.45, 7) is 6.17. The van der Waals surface area contributed by atoms with E-state index in [2.05, 4.69) is 9.97 Å². The van der Waals surface area contributed by atoms with Crippen LogP contribution in [-0.2, 0) is 20.9 Å². The molecule has 19 heavy (non-hydrogen) atoms. The van der Waals surface area contributed by atoms with Crippen molar-refractivity contribution in [2.75, 3.05) is 12.4 Å². The molecule has 0 saturated carbocycles. The summed E-state index contributed by atoms with van der Waals surface area (Å²) in [6, 6.07) is 1.39. The van der Waals surface area contributed by atoms with Crippen LogP contribution in [0.1, 0.15) is 26.5 Å². The van der Waals surface area contributed by atoms with Gasteiger partial charge in [0.25, 0.3) is 5.56 Å². The molecule has 0 fully saturated rings. The molecule has 0 aliphatic rings. The number of H-pyrrole nitrogens is 1. The first-order valence-electron chi connectivity index (χ1n) is 6.01. The van der Waals surface area contributed by atoms with Crippen molar-refractivity contribution in [3.05, 3.63) is 22.1 Å². The van der Waals surface area contributed by atoms with Crippen molar-refractivity contribution in [1.82, 2.24) is 9.97 Å². The van der Waals surface area contributed by atoms with Gasteiger partial charge in [-0.25, -0.2) is 4.98 Å². The van der Waals surface area contributed by atoms with Crippen LogP contribution in [0.25, 0.3) is 0 Å². The van der Waals surface area contributed by atoms with E-state index in [1.54, 1.807) is 6.92 Å². The molecule has 1 rings (SSSR count). The molecule has 0 saturated heterocycles. The maximum atomic E-state index is 11.4. The lowest BCUT2D eigenvalue weighted by atomic mass is 10.4. The SMILES string of the molecule is CCOC(=O)CSc1nc(COC(C)C)cc(=O)[nH]1. The zero-order valence-corrected chi connectivity index (χ0v) is 12.1. The van der Waals surface area contributed by atoms with Gasteiger partial charge in [-0.05, 0) is 20.8 Å². The smallest absolute Gasteiger partial charge is 0.316 e. The van der Waals surface area contributed by atoms with E-state index < -0.39 is 0 Å². The molecule has 0 bridgehead atoms. The Morgan fingerprint density at radius 2 is 2.26 bits per heavy atom. The lowest BCUT2D eigenvalue weighted by Crippen LogP contribution is -2.13. The van der Waals surface area contributed by atoms with E-state index in [0.29, 0.717) is 17.5 Å². The number of carbonyl (C=O) groups excluding carboxylic acids is 1. The van der Waals surface area contributed by atoms with Crippen molar-refractivity contribution in [2.45, 2.75) is 38.6 Å². The Morgan fingerprint density at radius 1 is 1.53 bits per heavy atom. The highest BCUT2D eigenvalue weighted by Gasteiger charge is 2.07. The largest absolute Gasteiger partial charge is 0.465 e. The molecule has 0 aliphatic heterocycles. The first-order chi connectivity index (χ1) is 9.01. The van der Waals surface area contributed by atoms with Gasteiger partial charge in [0.1, 0.15) is 0 Å². The fraction of sp³-hybridized carbons (Fsp3) is 0.583. The molecule has 0 unspecified atom stereocenters. The summed E-state index contributed by atoms with van der Waals surface area (Å²) in [6.07, 6.45) is 0.0664. The topological polar surface area (TPSA) is 81.3 Å². The normalized spacial score (nSPS) is 10.7. The Hall–Kier alpha value is -1.34. The van der Waals surface area contributed by atoms with Crippen LogP contribution in [0.5, 0.6) is 0 Å². The highest BCUT2D eigenvalue weighted by atomic mass is 32.2. The maximum absolute atomic E-state index is 11.4. The molecule has 1 heterocycles. The first kappa shape index (κ1) is 15.7. The van der Waals surface area contributed by atoms with E-state index in [4.69, 9.17) is 9.47 Å². The summed E-state index contributed by atoms with van der Waals surface area (Å²) < 4.78 is 10.2. The van der Waals surface area contributed by atoms with Crippen molar-refractivity contribution >= 4 is 17.7 Å². The van der Waals surface area contributed by atoms with Gasteiger partial charge in [0.05, 0.1) is 30.8 Å². The number of esters is 1. The second kappa shape index (κ2) is 7.96. The van der Waals surface area contributed by atoms with Gasteiger partial charge in [-0.1, -0.05) is 11.8 Å². The Bertz CT molecular complexity index is 473. The third-order valence-corrected chi connectivity index (χ3v) is 2.82. The highest BCUT2D eigenvalue weighted by molar-refractivity contribution is 7.99. The fourth-order valence-electron chi connectivity index (χ4n) is 1.21. The van der Waals surface area contributed by atoms with Crippen molar-refractivity contribution in [3.8, 4) is 0 Å². The molecule has 0 spiro atoms. The molecule has 6 nitrogen and oxygen atoms in total. The standard InChI is InChI=1S/C12H18N2O4S/c1-4-17-11(16)7-19-12-13-9(5-10(15)14-12)6-18-8(2)3/h5,8H,4,6-7H2,1-3H3,(H,13,14,15). The molecule has 0 aromatic carbocycles. The van der Waals surface area contributed by atoms with E-state index in [1.807, 2.05) is 13.8 Å². The van der Waals surface area contributed by atoms with Gasteiger partial charge < -0.3 is 14.5 Å². The molecule has 1 N–H and O–H groups in total. The number of aromatic nitrogens is 2. The van der Waals surface area contributed by atoms with E-state index in [0.717, 1.165) is 11.8 Å². The minimum atomic E-state index is -0.334. The van der Waals surface area contributed by atoms with Gasteiger partial charge in [-0.15, -0.1) is 0 Å². The van der Waals surface area contributed by atoms with Crippen LogP contribution in [-0.4, -0.2) is 34.4 Å². The van der Waals surface area contributed by atoms with Crippen molar-refractivity contribution in [3.63, 3.8) is 0 Å². The van der Waals surface area contributed by atoms with Crippen LogP contribution < -0.4 is 5.56 Å². The second-order valence-electron chi connectivity index (χ2n) is 4.00. The number of aromatic amines is 1. The Balaban J connectivity index is 2.63. The number of nitrogens with one attached hydrogen (secondary N) is 1. The Labute approximate surface area is 115 Å². The zero-order valence-electron chi connectivity index (χ0n) is 11.3. The van der Waals surface area contributed by atoms with Gasteiger partial charge in [-0.3, -0.25) is 9.59 Å². The van der Waals surface area contributed by atoms with Crippen LogP contribution in [0.4, 0.5) is 0 Å². The summed E-state index contributed by atoms with van der Waals surface area (Å²) in [7, 11) is 0. The molecule has 0 radical (unpaired) electrons. The number of rotatable bonds is 7. The summed E-state index contributed by atoms with van der Waals surface area (Å²) in [5.41, 5.74) is 0.285. The summed E-state index contributed by atoms with van der Waals surface area (Å²) in [5.74, 6) is -0.218. The Morgan fingerprint density at radius 3 is 2.89 bits per heavy atom. The van der Waals surface area contributed by atoms with E-state index >= 15 is 0 Å². The molecule has 0 aliphatic carbocycles. The van der Waals surface area contributed by atoms with Crippen molar-refractivity contribution < 1.29 is 14.3 Å². The number of thioether (sulfide) groups is 1. The average molecular weight is 286 g/mol. The van der Waals surface area contributed by atoms with Gasteiger partial charge in [0.2, 0.25) is 0 Å². The fourth-order valence-corrected chi connectivity index (χ4v) is 1.90. The van der Waals surface area contributed by atoms with E-state index in [-0.39, 0.29) is 30.0 Å². The van der Waals surface area contributed by atoms with Crippen molar-refractivity contribution in [2.24, 2.45) is 0 Å². The number of hydrogen-bond acceptors (Lipinski definition) is 6. The molecule has 0 amide bonds. The number of nitrogens with zero attached hydrogens (tertiary/aromatic N) is 1. The minimum absolute atomic E-state index is 0.0664. The van der Waals surface area contributed by atoms with Crippen LogP contribution in [0.15, 0.2) is 16.0 Å². The van der Waals surface area contributed by atoms with Crippen LogP contribution >= 0.6 is 11.8 Å².